The zero-order valence-electron chi connectivity index (χ0n) is 16.9. The molecule has 2 heterocycles. The summed E-state index contributed by atoms with van der Waals surface area (Å²) in [4.78, 5) is 29.3. The molecule has 2 aromatic rings. The maximum atomic E-state index is 12.6. The zero-order valence-corrected chi connectivity index (χ0v) is 16.9. The molecule has 0 bridgehead atoms. The van der Waals surface area contributed by atoms with Crippen LogP contribution in [0, 0.1) is 0 Å². The van der Waals surface area contributed by atoms with E-state index in [4.69, 9.17) is 0 Å². The van der Waals surface area contributed by atoms with E-state index < -0.39 is 0 Å². The quantitative estimate of drug-likeness (QED) is 0.794. The molecule has 0 radical (unpaired) electrons. The van der Waals surface area contributed by atoms with Crippen LogP contribution in [0.1, 0.15) is 35.2 Å². The number of likely N-dealkylation sites (N-methyl/N-ethyl adjacent to an activating group) is 1. The van der Waals surface area contributed by atoms with Gasteiger partial charge >= 0.3 is 0 Å². The Bertz CT molecular complexity index is 884. The largest absolute Gasteiger partial charge is 0.358 e. The van der Waals surface area contributed by atoms with E-state index in [-0.39, 0.29) is 17.9 Å². The number of hydrogen-bond acceptors (Lipinski definition) is 4. The highest BCUT2D eigenvalue weighted by Gasteiger charge is 2.34. The van der Waals surface area contributed by atoms with Crippen LogP contribution in [0.25, 0.3) is 0 Å². The molecule has 2 aliphatic rings. The molecule has 1 saturated heterocycles. The van der Waals surface area contributed by atoms with Crippen molar-refractivity contribution in [1.82, 2.24) is 10.2 Å². The van der Waals surface area contributed by atoms with E-state index >= 15 is 0 Å². The maximum Gasteiger partial charge on any atom is 0.251 e. The number of anilines is 2. The number of nitrogens with one attached hydrogen (secondary N) is 2. The van der Waals surface area contributed by atoms with E-state index in [2.05, 4.69) is 32.6 Å². The standard InChI is InChI=1S/C23H28N4O2/c1-26(16-17-7-3-2-4-8-17)14-12-24-22(28)18-10-11-20-19(15-18)25-23(29)21-9-5-6-13-27(20)21/h2-4,7-8,10-11,15,21H,5-6,9,12-14,16H2,1H3,(H,24,28)(H,25,29). The Labute approximate surface area is 171 Å². The highest BCUT2D eigenvalue weighted by Crippen LogP contribution is 2.36. The number of hydrogen-bond donors (Lipinski definition) is 2. The molecule has 0 spiro atoms. The highest BCUT2D eigenvalue weighted by molar-refractivity contribution is 6.05. The van der Waals surface area contributed by atoms with Crippen molar-refractivity contribution in [2.45, 2.75) is 31.8 Å². The molecule has 152 valence electrons. The van der Waals surface area contributed by atoms with Gasteiger partial charge in [0.2, 0.25) is 5.91 Å². The first-order valence-electron chi connectivity index (χ1n) is 10.3. The third kappa shape index (κ3) is 4.43. The van der Waals surface area contributed by atoms with Gasteiger partial charge in [0.05, 0.1) is 11.4 Å². The second-order valence-electron chi connectivity index (χ2n) is 7.91. The molecule has 2 N–H and O–H groups in total. The first-order valence-corrected chi connectivity index (χ1v) is 10.3. The predicted octanol–water partition coefficient (Wildman–Crippen LogP) is 2.86. The third-order valence-corrected chi connectivity index (χ3v) is 5.71. The first-order chi connectivity index (χ1) is 14.1. The summed E-state index contributed by atoms with van der Waals surface area (Å²) in [5.41, 5.74) is 3.59. The molecular formula is C23H28N4O2. The van der Waals surface area contributed by atoms with Crippen molar-refractivity contribution in [3.05, 3.63) is 59.7 Å². The van der Waals surface area contributed by atoms with Crippen LogP contribution in [-0.2, 0) is 11.3 Å². The van der Waals surface area contributed by atoms with Gasteiger partial charge < -0.3 is 20.4 Å². The zero-order chi connectivity index (χ0) is 20.2. The average molecular weight is 393 g/mol. The number of benzene rings is 2. The Morgan fingerprint density at radius 1 is 1.21 bits per heavy atom. The molecule has 1 atom stereocenters. The van der Waals surface area contributed by atoms with Crippen LogP contribution < -0.4 is 15.5 Å². The Morgan fingerprint density at radius 3 is 2.86 bits per heavy atom. The van der Waals surface area contributed by atoms with E-state index in [1.54, 1.807) is 6.07 Å². The van der Waals surface area contributed by atoms with Gasteiger partial charge in [-0.2, -0.15) is 0 Å². The molecule has 2 aliphatic heterocycles. The van der Waals surface area contributed by atoms with Gasteiger partial charge in [-0.15, -0.1) is 0 Å². The molecular weight excluding hydrogens is 364 g/mol. The van der Waals surface area contributed by atoms with E-state index in [0.717, 1.165) is 50.3 Å². The topological polar surface area (TPSA) is 64.7 Å². The van der Waals surface area contributed by atoms with Gasteiger partial charge in [0.25, 0.3) is 5.91 Å². The Morgan fingerprint density at radius 2 is 2.03 bits per heavy atom. The number of carbonyl (C=O) groups excluding carboxylic acids is 2. The molecule has 6 heteroatoms. The molecule has 6 nitrogen and oxygen atoms in total. The van der Waals surface area contributed by atoms with Gasteiger partial charge in [0.15, 0.2) is 0 Å². The van der Waals surface area contributed by atoms with Gasteiger partial charge in [-0.1, -0.05) is 30.3 Å². The summed E-state index contributed by atoms with van der Waals surface area (Å²) < 4.78 is 0. The first kappa shape index (κ1) is 19.5. The van der Waals surface area contributed by atoms with Crippen molar-refractivity contribution in [2.75, 3.05) is 36.9 Å². The average Bonchev–Trinajstić information content (AvgIpc) is 2.74. The second kappa shape index (κ2) is 8.66. The van der Waals surface area contributed by atoms with Gasteiger partial charge in [0, 0.05) is 31.7 Å². The van der Waals surface area contributed by atoms with Crippen molar-refractivity contribution in [2.24, 2.45) is 0 Å². The molecule has 4 rings (SSSR count). The lowest BCUT2D eigenvalue weighted by molar-refractivity contribution is -0.118. The fourth-order valence-electron chi connectivity index (χ4n) is 4.17. The fourth-order valence-corrected chi connectivity index (χ4v) is 4.17. The summed E-state index contributed by atoms with van der Waals surface area (Å²) in [5.74, 6) is -0.0757. The molecule has 0 saturated carbocycles. The lowest BCUT2D eigenvalue weighted by Gasteiger charge is -2.41. The van der Waals surface area contributed by atoms with Crippen molar-refractivity contribution in [3.8, 4) is 0 Å². The predicted molar refractivity (Wildman–Crippen MR) is 115 cm³/mol. The van der Waals surface area contributed by atoms with Crippen molar-refractivity contribution in [3.63, 3.8) is 0 Å². The van der Waals surface area contributed by atoms with Gasteiger partial charge in [-0.3, -0.25) is 9.59 Å². The third-order valence-electron chi connectivity index (χ3n) is 5.71. The lowest BCUT2D eigenvalue weighted by atomic mass is 9.97. The minimum atomic E-state index is -0.115. The Kier molecular flexibility index (Phi) is 5.81. The summed E-state index contributed by atoms with van der Waals surface area (Å²) in [6, 6.07) is 15.8. The van der Waals surface area contributed by atoms with Crippen LogP contribution in [0.2, 0.25) is 0 Å². The number of fused-ring (bicyclic) bond motifs is 3. The number of amides is 2. The summed E-state index contributed by atoms with van der Waals surface area (Å²) in [7, 11) is 2.04. The van der Waals surface area contributed by atoms with Crippen LogP contribution in [-0.4, -0.2) is 49.4 Å². The molecule has 0 aliphatic carbocycles. The van der Waals surface area contributed by atoms with E-state index in [0.29, 0.717) is 12.1 Å². The number of carbonyl (C=O) groups is 2. The van der Waals surface area contributed by atoms with Crippen LogP contribution >= 0.6 is 0 Å². The molecule has 2 amide bonds. The summed E-state index contributed by atoms with van der Waals surface area (Å²) in [6.07, 6.45) is 3.08. The summed E-state index contributed by atoms with van der Waals surface area (Å²) >= 11 is 0. The van der Waals surface area contributed by atoms with Gasteiger partial charge in [-0.25, -0.2) is 0 Å². The minimum Gasteiger partial charge on any atom is -0.358 e. The second-order valence-corrected chi connectivity index (χ2v) is 7.91. The fraction of sp³-hybridized carbons (Fsp3) is 0.391. The monoisotopic (exact) mass is 392 g/mol. The van der Waals surface area contributed by atoms with Crippen LogP contribution in [0.3, 0.4) is 0 Å². The highest BCUT2D eigenvalue weighted by atomic mass is 16.2. The lowest BCUT2D eigenvalue weighted by Crippen LogP contribution is -2.50. The number of rotatable bonds is 6. The number of piperidine rings is 1. The van der Waals surface area contributed by atoms with Gasteiger partial charge in [0.1, 0.15) is 6.04 Å². The number of nitrogens with zero attached hydrogens (tertiary/aromatic N) is 2. The van der Waals surface area contributed by atoms with Gasteiger partial charge in [-0.05, 0) is 50.1 Å². The Balaban J connectivity index is 1.34. The van der Waals surface area contributed by atoms with E-state index in [1.807, 2.05) is 37.4 Å². The summed E-state index contributed by atoms with van der Waals surface area (Å²) in [6.45, 7) is 3.07. The summed E-state index contributed by atoms with van der Waals surface area (Å²) in [5, 5.41) is 5.97. The van der Waals surface area contributed by atoms with Crippen LogP contribution in [0.15, 0.2) is 48.5 Å². The van der Waals surface area contributed by atoms with E-state index in [1.165, 1.54) is 5.56 Å². The molecule has 2 aromatic carbocycles. The van der Waals surface area contributed by atoms with E-state index in [9.17, 15) is 9.59 Å². The van der Waals surface area contributed by atoms with Crippen molar-refractivity contribution < 1.29 is 9.59 Å². The van der Waals surface area contributed by atoms with Crippen LogP contribution in [0.5, 0.6) is 0 Å². The van der Waals surface area contributed by atoms with Crippen molar-refractivity contribution in [1.29, 1.82) is 0 Å². The van der Waals surface area contributed by atoms with Crippen LogP contribution in [0.4, 0.5) is 11.4 Å². The normalized spacial score (nSPS) is 18.1. The Hall–Kier alpha value is -2.86. The molecule has 29 heavy (non-hydrogen) atoms. The SMILES string of the molecule is CN(CCNC(=O)c1ccc2c(c1)NC(=O)C1CCCCN21)Cc1ccccc1. The maximum absolute atomic E-state index is 12.6. The van der Waals surface area contributed by atoms with Crippen molar-refractivity contribution >= 4 is 23.2 Å². The molecule has 0 aromatic heterocycles. The molecule has 1 unspecified atom stereocenters. The molecule has 1 fully saturated rings. The smallest absolute Gasteiger partial charge is 0.251 e. The minimum absolute atomic E-state index is 0.0392.